The van der Waals surface area contributed by atoms with Crippen molar-refractivity contribution in [3.63, 3.8) is 0 Å². The number of hydrogen-bond donors (Lipinski definition) is 2. The average molecular weight is 404 g/mol. The van der Waals surface area contributed by atoms with Gasteiger partial charge < -0.3 is 15.3 Å². The molecule has 2 atom stereocenters. The van der Waals surface area contributed by atoms with Crippen LogP contribution in [0.4, 0.5) is 4.39 Å². The number of aliphatic hydroxyl groups excluding tert-OH is 1. The maximum absolute atomic E-state index is 14.0. The van der Waals surface area contributed by atoms with Gasteiger partial charge in [0, 0.05) is 70.8 Å². The first kappa shape index (κ1) is 20.3. The Hall–Kier alpha value is -2.03. The molecule has 0 saturated carbocycles. The number of β-amino-alcohol motifs (C(OH)–C–C–N with tert-alkyl or cyclic N) is 1. The topological polar surface area (TPSA) is 76.1 Å². The van der Waals surface area contributed by atoms with Crippen molar-refractivity contribution in [1.29, 1.82) is 0 Å². The molecule has 0 radical (unpaired) electrons. The van der Waals surface area contributed by atoms with Gasteiger partial charge in [0.05, 0.1) is 11.6 Å². The Labute approximate surface area is 170 Å². The van der Waals surface area contributed by atoms with Gasteiger partial charge in [-0.05, 0) is 12.5 Å². The van der Waals surface area contributed by atoms with Crippen LogP contribution in [0, 0.1) is 5.82 Å². The third kappa shape index (κ3) is 4.15. The smallest absolute Gasteiger partial charge is 0.224 e. The molecule has 1 aromatic carbocycles. The van der Waals surface area contributed by atoms with Crippen LogP contribution in [0.5, 0.6) is 0 Å². The summed E-state index contributed by atoms with van der Waals surface area (Å²) in [5, 5.41) is 12.9. The lowest BCUT2D eigenvalue weighted by Gasteiger charge is -2.61. The monoisotopic (exact) mass is 404 g/mol. The third-order valence-corrected chi connectivity index (χ3v) is 6.37. The maximum Gasteiger partial charge on any atom is 0.224 e. The highest BCUT2D eigenvalue weighted by Gasteiger charge is 2.56. The zero-order valence-electron chi connectivity index (χ0n) is 16.8. The molecule has 3 fully saturated rings. The lowest BCUT2D eigenvalue weighted by molar-refractivity contribution is -0.151. The molecule has 2 N–H and O–H groups in total. The van der Waals surface area contributed by atoms with Gasteiger partial charge in [-0.1, -0.05) is 18.2 Å². The van der Waals surface area contributed by atoms with E-state index in [1.165, 1.54) is 13.0 Å². The van der Waals surface area contributed by atoms with Gasteiger partial charge in [0.1, 0.15) is 5.82 Å². The molecule has 4 rings (SSSR count). The highest BCUT2D eigenvalue weighted by molar-refractivity contribution is 5.78. The minimum absolute atomic E-state index is 0.0340. The molecule has 158 valence electrons. The molecule has 3 aliphatic heterocycles. The van der Waals surface area contributed by atoms with E-state index in [0.29, 0.717) is 44.7 Å². The third-order valence-electron chi connectivity index (χ3n) is 6.37. The molecule has 0 bridgehead atoms. The van der Waals surface area contributed by atoms with E-state index in [1.54, 1.807) is 6.07 Å². The Morgan fingerprint density at radius 3 is 2.72 bits per heavy atom. The van der Waals surface area contributed by atoms with Crippen molar-refractivity contribution in [2.45, 2.75) is 44.0 Å². The van der Waals surface area contributed by atoms with Gasteiger partial charge in [0.25, 0.3) is 0 Å². The minimum atomic E-state index is -0.369. The van der Waals surface area contributed by atoms with E-state index in [2.05, 4.69) is 15.1 Å². The second-order valence-corrected chi connectivity index (χ2v) is 8.66. The van der Waals surface area contributed by atoms with Gasteiger partial charge in [-0.3, -0.25) is 19.4 Å². The van der Waals surface area contributed by atoms with E-state index in [4.69, 9.17) is 0 Å². The zero-order chi connectivity index (χ0) is 20.6. The Morgan fingerprint density at radius 2 is 2.00 bits per heavy atom. The fraction of sp³-hybridized carbons (Fsp3) is 0.619. The first-order chi connectivity index (χ1) is 13.9. The second-order valence-electron chi connectivity index (χ2n) is 8.66. The molecule has 1 aromatic rings. The van der Waals surface area contributed by atoms with Crippen molar-refractivity contribution in [2.75, 3.05) is 39.3 Å². The number of nitrogens with one attached hydrogen (secondary N) is 1. The Kier molecular flexibility index (Phi) is 5.59. The van der Waals surface area contributed by atoms with Crippen LogP contribution in [-0.4, -0.2) is 88.6 Å². The van der Waals surface area contributed by atoms with Gasteiger partial charge in [0.2, 0.25) is 11.8 Å². The minimum Gasteiger partial charge on any atom is -0.392 e. The first-order valence-corrected chi connectivity index (χ1v) is 10.3. The first-order valence-electron chi connectivity index (χ1n) is 10.3. The molecular formula is C21H29FN4O3. The Morgan fingerprint density at radius 1 is 1.24 bits per heavy atom. The Balaban J connectivity index is 1.42. The molecule has 0 aromatic heterocycles. The summed E-state index contributed by atoms with van der Waals surface area (Å²) in [6.45, 7) is 5.69. The molecule has 8 heteroatoms. The highest BCUT2D eigenvalue weighted by atomic mass is 19.1. The quantitative estimate of drug-likeness (QED) is 0.733. The molecule has 7 nitrogen and oxygen atoms in total. The summed E-state index contributed by atoms with van der Waals surface area (Å²) in [7, 11) is 0. The molecule has 1 spiro atoms. The summed E-state index contributed by atoms with van der Waals surface area (Å²) in [5.41, 5.74) is 0.495. The summed E-state index contributed by atoms with van der Waals surface area (Å²) in [6.07, 6.45) is 0.584. The van der Waals surface area contributed by atoms with E-state index in [9.17, 15) is 19.1 Å². The van der Waals surface area contributed by atoms with Crippen molar-refractivity contribution in [2.24, 2.45) is 0 Å². The van der Waals surface area contributed by atoms with Crippen LogP contribution in [0.15, 0.2) is 24.3 Å². The van der Waals surface area contributed by atoms with Crippen molar-refractivity contribution in [3.8, 4) is 0 Å². The van der Waals surface area contributed by atoms with Gasteiger partial charge in [-0.15, -0.1) is 0 Å². The van der Waals surface area contributed by atoms with Crippen LogP contribution in [-0.2, 0) is 16.1 Å². The number of benzene rings is 1. The number of likely N-dealkylation sites (tertiary alicyclic amines) is 1. The Bertz CT molecular complexity index is 783. The van der Waals surface area contributed by atoms with E-state index < -0.39 is 0 Å². The maximum atomic E-state index is 14.0. The predicted octanol–water partition coefficient (Wildman–Crippen LogP) is 0.184. The predicted molar refractivity (Wildman–Crippen MR) is 105 cm³/mol. The zero-order valence-corrected chi connectivity index (χ0v) is 16.8. The number of piperazine rings is 1. The van der Waals surface area contributed by atoms with Crippen LogP contribution in [0.1, 0.15) is 25.3 Å². The van der Waals surface area contributed by atoms with Crippen molar-refractivity contribution in [1.82, 2.24) is 20.0 Å². The SMILES string of the molecule is CC(=O)NCCC(=O)N1C[C@H]2C[C@@H](O)CN2C2(CN(Cc3ccccc3F)C2)C1. The van der Waals surface area contributed by atoms with Crippen LogP contribution >= 0.6 is 0 Å². The normalized spacial score (nSPS) is 26.2. The standard InChI is InChI=1S/C21H29FN4O3/c1-15(27)23-7-6-20(29)25-10-17-8-18(28)11-26(17)21(14-25)12-24(13-21)9-16-4-2-3-5-19(16)22/h2-5,17-18,28H,6-14H2,1H3,(H,23,27)/t17-,18-/m1/s1. The number of aliphatic hydroxyl groups is 1. The summed E-state index contributed by atoms with van der Waals surface area (Å²) in [5.74, 6) is -0.297. The summed E-state index contributed by atoms with van der Waals surface area (Å²) in [4.78, 5) is 30.2. The second kappa shape index (κ2) is 8.01. The fourth-order valence-electron chi connectivity index (χ4n) is 5.15. The number of carbonyl (C=O) groups excluding carboxylic acids is 2. The molecular weight excluding hydrogens is 375 g/mol. The molecule has 3 aliphatic rings. The van der Waals surface area contributed by atoms with Crippen LogP contribution in [0.25, 0.3) is 0 Å². The molecule has 3 heterocycles. The van der Waals surface area contributed by atoms with Crippen LogP contribution in [0.2, 0.25) is 0 Å². The number of amides is 2. The number of rotatable bonds is 5. The average Bonchev–Trinajstić information content (AvgIpc) is 3.02. The summed E-state index contributed by atoms with van der Waals surface area (Å²) in [6, 6.07) is 6.98. The van der Waals surface area contributed by atoms with Gasteiger partial charge in [-0.2, -0.15) is 0 Å². The molecule has 29 heavy (non-hydrogen) atoms. The van der Waals surface area contributed by atoms with Crippen LogP contribution < -0.4 is 5.32 Å². The molecule has 0 unspecified atom stereocenters. The van der Waals surface area contributed by atoms with Crippen molar-refractivity contribution < 1.29 is 19.1 Å². The lowest BCUT2D eigenvalue weighted by atomic mass is 9.83. The van der Waals surface area contributed by atoms with E-state index in [1.807, 2.05) is 17.0 Å². The largest absolute Gasteiger partial charge is 0.392 e. The molecule has 3 saturated heterocycles. The van der Waals surface area contributed by atoms with Crippen molar-refractivity contribution in [3.05, 3.63) is 35.6 Å². The highest BCUT2D eigenvalue weighted by Crippen LogP contribution is 2.39. The van der Waals surface area contributed by atoms with E-state index in [0.717, 1.165) is 13.1 Å². The molecule has 2 amide bonds. The van der Waals surface area contributed by atoms with Gasteiger partial charge in [0.15, 0.2) is 0 Å². The van der Waals surface area contributed by atoms with Crippen molar-refractivity contribution >= 4 is 11.8 Å². The number of hydrogen-bond acceptors (Lipinski definition) is 5. The number of fused-ring (bicyclic) bond motifs is 2. The van der Waals surface area contributed by atoms with Gasteiger partial charge in [-0.25, -0.2) is 4.39 Å². The summed E-state index contributed by atoms with van der Waals surface area (Å²) >= 11 is 0. The van der Waals surface area contributed by atoms with Gasteiger partial charge >= 0.3 is 0 Å². The number of carbonyl (C=O) groups is 2. The lowest BCUT2D eigenvalue weighted by Crippen LogP contribution is -2.78. The van der Waals surface area contributed by atoms with Crippen LogP contribution in [0.3, 0.4) is 0 Å². The van der Waals surface area contributed by atoms with E-state index in [-0.39, 0.29) is 41.7 Å². The van der Waals surface area contributed by atoms with E-state index >= 15 is 0 Å². The number of halogens is 1. The summed E-state index contributed by atoms with van der Waals surface area (Å²) < 4.78 is 14.0. The molecule has 0 aliphatic carbocycles. The fourth-order valence-corrected chi connectivity index (χ4v) is 5.15. The number of nitrogens with zero attached hydrogens (tertiary/aromatic N) is 3.